The van der Waals surface area contributed by atoms with Gasteiger partial charge in [0.25, 0.3) is 5.91 Å². The van der Waals surface area contributed by atoms with Crippen LogP contribution in [0.15, 0.2) is 60.0 Å². The molecule has 5 rings (SSSR count). The zero-order valence-electron chi connectivity index (χ0n) is 18.9. The van der Waals surface area contributed by atoms with E-state index in [0.29, 0.717) is 20.5 Å². The Labute approximate surface area is 205 Å². The van der Waals surface area contributed by atoms with Gasteiger partial charge in [0.05, 0.1) is 24.2 Å². The van der Waals surface area contributed by atoms with Gasteiger partial charge in [-0.1, -0.05) is 29.8 Å². The Morgan fingerprint density at radius 2 is 1.71 bits per heavy atom. The minimum Gasteiger partial charge on any atom is -0.497 e. The zero-order valence-corrected chi connectivity index (χ0v) is 20.5. The second kappa shape index (κ2) is 8.89. The molecule has 3 N–H and O–H groups in total. The Balaban J connectivity index is 1.67. The Morgan fingerprint density at radius 3 is 2.35 bits per heavy atom. The van der Waals surface area contributed by atoms with E-state index < -0.39 is 0 Å². The summed E-state index contributed by atoms with van der Waals surface area (Å²) in [7, 11) is 1.64. The van der Waals surface area contributed by atoms with E-state index in [1.54, 1.807) is 7.11 Å². The number of nitrogen functional groups attached to an aromatic ring is 1. The molecule has 0 aliphatic heterocycles. The number of benzene rings is 2. The van der Waals surface area contributed by atoms with Gasteiger partial charge in [0, 0.05) is 16.3 Å². The van der Waals surface area contributed by atoms with Gasteiger partial charge >= 0.3 is 0 Å². The van der Waals surface area contributed by atoms with Crippen LogP contribution in [-0.2, 0) is 0 Å². The minimum atomic E-state index is -0.282. The van der Waals surface area contributed by atoms with Gasteiger partial charge in [-0.25, -0.2) is 9.97 Å². The van der Waals surface area contributed by atoms with Gasteiger partial charge in [0.1, 0.15) is 15.5 Å². The number of amides is 1. The predicted octanol–water partition coefficient (Wildman–Crippen LogP) is 6.55. The number of ether oxygens (including phenoxy) is 1. The lowest BCUT2D eigenvalue weighted by molar-refractivity contribution is 0.103. The van der Waals surface area contributed by atoms with Gasteiger partial charge in [-0.3, -0.25) is 10.1 Å². The largest absolute Gasteiger partial charge is 0.497 e. The fraction of sp³-hybridized carbons (Fsp3) is 0.115. The molecule has 170 valence electrons. The summed E-state index contributed by atoms with van der Waals surface area (Å²) in [5, 5.41) is 6.08. The third kappa shape index (κ3) is 4.13. The summed E-state index contributed by atoms with van der Waals surface area (Å²) in [5.41, 5.74) is 12.7. The molecule has 3 aromatic heterocycles. The number of hydrogen-bond acceptors (Lipinski definition) is 7. The number of rotatable bonds is 5. The molecule has 0 aliphatic rings. The molecule has 2 aromatic carbocycles. The van der Waals surface area contributed by atoms with Crippen molar-refractivity contribution in [3.05, 3.63) is 76.1 Å². The highest BCUT2D eigenvalue weighted by Crippen LogP contribution is 2.41. The summed E-state index contributed by atoms with van der Waals surface area (Å²) in [6, 6.07) is 18.1. The van der Waals surface area contributed by atoms with Crippen molar-refractivity contribution in [2.24, 2.45) is 0 Å². The van der Waals surface area contributed by atoms with E-state index in [0.717, 1.165) is 39.2 Å². The molecule has 34 heavy (non-hydrogen) atoms. The Hall–Kier alpha value is -3.75. The highest BCUT2D eigenvalue weighted by Gasteiger charge is 2.22. The number of aryl methyl sites for hydroxylation is 2. The third-order valence-corrected chi connectivity index (χ3v) is 7.47. The van der Waals surface area contributed by atoms with Crippen LogP contribution in [0.3, 0.4) is 0 Å². The first-order valence-corrected chi connectivity index (χ1v) is 12.3. The zero-order chi connectivity index (χ0) is 23.8. The van der Waals surface area contributed by atoms with Crippen LogP contribution in [0.1, 0.15) is 20.9 Å². The van der Waals surface area contributed by atoms with Crippen LogP contribution in [-0.4, -0.2) is 23.0 Å². The van der Waals surface area contributed by atoms with Gasteiger partial charge in [-0.05, 0) is 55.3 Å². The molecule has 0 atom stereocenters. The fourth-order valence-electron chi connectivity index (χ4n) is 3.73. The summed E-state index contributed by atoms with van der Waals surface area (Å²) in [6.07, 6.45) is 0. The molecule has 0 saturated heterocycles. The Morgan fingerprint density at radius 1 is 1.00 bits per heavy atom. The molecule has 0 radical (unpaired) electrons. The van der Waals surface area contributed by atoms with Crippen LogP contribution in [0.2, 0.25) is 0 Å². The monoisotopic (exact) mass is 486 g/mol. The Kier molecular flexibility index (Phi) is 5.77. The number of fused-ring (bicyclic) bond motifs is 1. The number of thiazole rings is 1. The van der Waals surface area contributed by atoms with Crippen molar-refractivity contribution in [1.29, 1.82) is 0 Å². The fourth-order valence-corrected chi connectivity index (χ4v) is 5.42. The lowest BCUT2D eigenvalue weighted by Gasteiger charge is -2.10. The molecule has 1 amide bonds. The van der Waals surface area contributed by atoms with Crippen LogP contribution >= 0.6 is 22.7 Å². The lowest BCUT2D eigenvalue weighted by atomic mass is 9.98. The van der Waals surface area contributed by atoms with Crippen LogP contribution < -0.4 is 15.8 Å². The number of nitrogens with zero attached hydrogens (tertiary/aromatic N) is 2. The number of anilines is 2. The second-order valence-electron chi connectivity index (χ2n) is 7.92. The van der Waals surface area contributed by atoms with Crippen molar-refractivity contribution in [3.8, 4) is 28.1 Å². The van der Waals surface area contributed by atoms with E-state index in [2.05, 4.69) is 41.5 Å². The standard InChI is InChI=1S/C26H22N4O2S2/c1-14-4-6-16(7-5-14)19-12-20(17-8-10-18(32-3)11-9-17)29-25-21(19)22(27)23(34-25)24(31)30-26-28-15(2)13-33-26/h4-13H,27H2,1-3H3,(H,28,30,31). The molecule has 0 unspecified atom stereocenters. The quantitative estimate of drug-likeness (QED) is 0.294. The number of carbonyl (C=O) groups is 1. The van der Waals surface area contributed by atoms with E-state index in [1.165, 1.54) is 28.2 Å². The van der Waals surface area contributed by atoms with Crippen LogP contribution in [0.4, 0.5) is 10.8 Å². The van der Waals surface area contributed by atoms with Gasteiger partial charge in [0.2, 0.25) is 0 Å². The van der Waals surface area contributed by atoms with E-state index in [1.807, 2.05) is 42.6 Å². The molecule has 0 fully saturated rings. The number of pyridine rings is 1. The highest BCUT2D eigenvalue weighted by molar-refractivity contribution is 7.21. The van der Waals surface area contributed by atoms with Gasteiger partial charge < -0.3 is 10.5 Å². The summed E-state index contributed by atoms with van der Waals surface area (Å²) in [4.78, 5) is 23.4. The number of aromatic nitrogens is 2. The van der Waals surface area contributed by atoms with Crippen LogP contribution in [0.25, 0.3) is 32.6 Å². The van der Waals surface area contributed by atoms with Crippen molar-refractivity contribution in [1.82, 2.24) is 9.97 Å². The van der Waals surface area contributed by atoms with Gasteiger partial charge in [-0.2, -0.15) is 0 Å². The molecule has 0 spiro atoms. The molecule has 3 heterocycles. The van der Waals surface area contributed by atoms with Gasteiger partial charge in [-0.15, -0.1) is 22.7 Å². The van der Waals surface area contributed by atoms with Crippen molar-refractivity contribution in [2.45, 2.75) is 13.8 Å². The minimum absolute atomic E-state index is 0.282. The summed E-state index contributed by atoms with van der Waals surface area (Å²) in [6.45, 7) is 3.94. The average Bonchev–Trinajstić information content (AvgIpc) is 3.41. The van der Waals surface area contributed by atoms with E-state index in [-0.39, 0.29) is 5.91 Å². The molecule has 0 saturated carbocycles. The number of carbonyl (C=O) groups excluding carboxylic acids is 1. The summed E-state index contributed by atoms with van der Waals surface area (Å²) < 4.78 is 5.29. The third-order valence-electron chi connectivity index (χ3n) is 5.49. The maximum absolute atomic E-state index is 13.1. The van der Waals surface area contributed by atoms with E-state index >= 15 is 0 Å². The molecule has 8 heteroatoms. The van der Waals surface area contributed by atoms with Gasteiger partial charge in [0.15, 0.2) is 5.13 Å². The molecule has 0 aliphatic carbocycles. The average molecular weight is 487 g/mol. The summed E-state index contributed by atoms with van der Waals surface area (Å²) >= 11 is 2.67. The van der Waals surface area contributed by atoms with Crippen LogP contribution in [0.5, 0.6) is 5.75 Å². The number of methoxy groups -OCH3 is 1. The molecule has 6 nitrogen and oxygen atoms in total. The van der Waals surface area contributed by atoms with E-state index in [4.69, 9.17) is 15.5 Å². The first-order valence-electron chi connectivity index (χ1n) is 10.6. The number of nitrogens with one attached hydrogen (secondary N) is 1. The number of thiophene rings is 1. The molecular weight excluding hydrogens is 464 g/mol. The topological polar surface area (TPSA) is 90.1 Å². The summed E-state index contributed by atoms with van der Waals surface area (Å²) in [5.74, 6) is 0.496. The molecule has 0 bridgehead atoms. The van der Waals surface area contributed by atoms with Crippen molar-refractivity contribution in [3.63, 3.8) is 0 Å². The van der Waals surface area contributed by atoms with Crippen molar-refractivity contribution < 1.29 is 9.53 Å². The second-order valence-corrected chi connectivity index (χ2v) is 9.78. The predicted molar refractivity (Wildman–Crippen MR) is 141 cm³/mol. The number of nitrogens with two attached hydrogens (primary N) is 1. The Bertz CT molecular complexity index is 1500. The van der Waals surface area contributed by atoms with Crippen molar-refractivity contribution in [2.75, 3.05) is 18.2 Å². The normalized spacial score (nSPS) is 11.0. The SMILES string of the molecule is COc1ccc(-c2cc(-c3ccc(C)cc3)c3c(N)c(C(=O)Nc4nc(C)cs4)sc3n2)cc1. The van der Waals surface area contributed by atoms with E-state index in [9.17, 15) is 4.79 Å². The maximum Gasteiger partial charge on any atom is 0.269 e. The first-order chi connectivity index (χ1) is 16.4. The van der Waals surface area contributed by atoms with Crippen LogP contribution in [0, 0.1) is 13.8 Å². The molecular formula is C26H22N4O2S2. The first kappa shape index (κ1) is 22.1. The lowest BCUT2D eigenvalue weighted by Crippen LogP contribution is -2.11. The molecule has 5 aromatic rings. The maximum atomic E-state index is 13.1. The smallest absolute Gasteiger partial charge is 0.269 e. The number of hydrogen-bond donors (Lipinski definition) is 2. The highest BCUT2D eigenvalue weighted by atomic mass is 32.1. The van der Waals surface area contributed by atoms with Crippen molar-refractivity contribution >= 4 is 49.6 Å².